The topological polar surface area (TPSA) is 58.9 Å². The average molecular weight is 288 g/mol. The number of nitro benzene ring substituents is 1. The highest BCUT2D eigenvalue weighted by atomic mass is 16.6. The molecule has 4 aromatic rings. The summed E-state index contributed by atoms with van der Waals surface area (Å²) in [5, 5.41) is 14.2. The van der Waals surface area contributed by atoms with E-state index in [-0.39, 0.29) is 10.6 Å². The van der Waals surface area contributed by atoms with Crippen molar-refractivity contribution in [1.29, 1.82) is 0 Å². The van der Waals surface area contributed by atoms with Crippen molar-refractivity contribution in [2.75, 3.05) is 0 Å². The molecule has 0 atom stereocenters. The van der Waals surface area contributed by atoms with Crippen molar-refractivity contribution < 1.29 is 4.92 Å². The van der Waals surface area contributed by atoms with Crippen molar-refractivity contribution in [1.82, 2.24) is 4.98 Å². The van der Waals surface area contributed by atoms with Crippen molar-refractivity contribution in [3.63, 3.8) is 0 Å². The van der Waals surface area contributed by atoms with Gasteiger partial charge in [0.1, 0.15) is 0 Å². The fraction of sp³-hybridized carbons (Fsp3) is 0. The van der Waals surface area contributed by atoms with E-state index >= 15 is 0 Å². The van der Waals surface area contributed by atoms with Gasteiger partial charge in [-0.2, -0.15) is 0 Å². The Morgan fingerprint density at radius 3 is 2.55 bits per heavy atom. The zero-order chi connectivity index (χ0) is 15.1. The molecule has 1 heterocycles. The molecule has 0 saturated carbocycles. The third-order valence-electron chi connectivity index (χ3n) is 3.97. The molecule has 22 heavy (non-hydrogen) atoms. The highest BCUT2D eigenvalue weighted by Gasteiger charge is 2.20. The third-order valence-corrected chi connectivity index (χ3v) is 3.97. The van der Waals surface area contributed by atoms with E-state index in [0.29, 0.717) is 10.9 Å². The lowest BCUT2D eigenvalue weighted by atomic mass is 9.96. The van der Waals surface area contributed by atoms with Crippen molar-refractivity contribution in [3.8, 4) is 11.1 Å². The molecule has 106 valence electrons. The number of nitrogens with one attached hydrogen (secondary N) is 1. The molecule has 4 heteroatoms. The van der Waals surface area contributed by atoms with Crippen LogP contribution in [0.2, 0.25) is 0 Å². The van der Waals surface area contributed by atoms with Crippen molar-refractivity contribution >= 4 is 27.4 Å². The Morgan fingerprint density at radius 2 is 1.68 bits per heavy atom. The fourth-order valence-corrected chi connectivity index (χ4v) is 2.99. The fourth-order valence-electron chi connectivity index (χ4n) is 2.99. The minimum atomic E-state index is -0.289. The van der Waals surface area contributed by atoms with Gasteiger partial charge in [0, 0.05) is 17.1 Å². The van der Waals surface area contributed by atoms with Crippen molar-refractivity contribution in [3.05, 3.63) is 77.0 Å². The molecule has 1 aromatic heterocycles. The molecule has 0 spiro atoms. The maximum absolute atomic E-state index is 11.7. The molecule has 0 amide bonds. The number of rotatable bonds is 2. The maximum Gasteiger partial charge on any atom is 0.284 e. The SMILES string of the molecule is O=[N+]([O-])c1c(-c2cccc3[nH]ccc23)ccc2ccccc12. The lowest BCUT2D eigenvalue weighted by molar-refractivity contribution is -0.382. The Morgan fingerprint density at radius 1 is 0.818 bits per heavy atom. The van der Waals surface area contributed by atoms with Crippen LogP contribution in [0.15, 0.2) is 66.9 Å². The van der Waals surface area contributed by atoms with Gasteiger partial charge in [0.05, 0.1) is 15.9 Å². The maximum atomic E-state index is 11.7. The molecule has 0 fully saturated rings. The lowest BCUT2D eigenvalue weighted by Gasteiger charge is -2.08. The van der Waals surface area contributed by atoms with Crippen LogP contribution in [0.25, 0.3) is 32.8 Å². The number of aromatic amines is 1. The summed E-state index contributed by atoms with van der Waals surface area (Å²) in [7, 11) is 0. The Labute approximate surface area is 126 Å². The van der Waals surface area contributed by atoms with Gasteiger partial charge in [-0.3, -0.25) is 10.1 Å². The van der Waals surface area contributed by atoms with Crippen LogP contribution in [0.3, 0.4) is 0 Å². The number of H-pyrrole nitrogens is 1. The molecule has 0 aliphatic carbocycles. The molecule has 4 nitrogen and oxygen atoms in total. The molecule has 0 radical (unpaired) electrons. The van der Waals surface area contributed by atoms with Gasteiger partial charge in [-0.1, -0.05) is 36.4 Å². The second-order valence-electron chi connectivity index (χ2n) is 5.18. The van der Waals surface area contributed by atoms with Gasteiger partial charge in [-0.05, 0) is 35.2 Å². The van der Waals surface area contributed by atoms with E-state index in [1.165, 1.54) is 0 Å². The number of nitrogens with zero attached hydrogens (tertiary/aromatic N) is 1. The van der Waals surface area contributed by atoms with Crippen LogP contribution in [0.4, 0.5) is 5.69 Å². The standard InChI is InChI=1S/C18H12N2O2/c21-20(22)18-13-5-2-1-4-12(13)8-9-16(18)14-6-3-7-17-15(14)10-11-19-17/h1-11,19H. The van der Waals surface area contributed by atoms with Crippen LogP contribution in [-0.4, -0.2) is 9.91 Å². The van der Waals surface area contributed by atoms with Crippen LogP contribution in [0.5, 0.6) is 0 Å². The number of benzene rings is 3. The summed E-state index contributed by atoms with van der Waals surface area (Å²) >= 11 is 0. The van der Waals surface area contributed by atoms with Gasteiger partial charge >= 0.3 is 0 Å². The first-order valence-electron chi connectivity index (χ1n) is 6.98. The highest BCUT2D eigenvalue weighted by molar-refractivity contribution is 6.04. The Hall–Kier alpha value is -3.14. The number of fused-ring (bicyclic) bond motifs is 2. The van der Waals surface area contributed by atoms with Gasteiger partial charge in [0.15, 0.2) is 0 Å². The summed E-state index contributed by atoms with van der Waals surface area (Å²) in [6, 6.07) is 18.9. The summed E-state index contributed by atoms with van der Waals surface area (Å²) in [5.41, 5.74) is 2.65. The molecule has 0 aliphatic rings. The van der Waals surface area contributed by atoms with E-state index < -0.39 is 0 Å². The molecule has 0 aliphatic heterocycles. The first-order chi connectivity index (χ1) is 10.8. The zero-order valence-corrected chi connectivity index (χ0v) is 11.6. The van der Waals surface area contributed by atoms with Crippen LogP contribution in [0.1, 0.15) is 0 Å². The summed E-state index contributed by atoms with van der Waals surface area (Å²) in [5.74, 6) is 0. The van der Waals surface area contributed by atoms with Crippen LogP contribution >= 0.6 is 0 Å². The van der Waals surface area contributed by atoms with Crippen LogP contribution < -0.4 is 0 Å². The van der Waals surface area contributed by atoms with Gasteiger partial charge < -0.3 is 4.98 Å². The van der Waals surface area contributed by atoms with E-state index in [9.17, 15) is 10.1 Å². The monoisotopic (exact) mass is 288 g/mol. The molecule has 4 rings (SSSR count). The van der Waals surface area contributed by atoms with Crippen LogP contribution in [-0.2, 0) is 0 Å². The predicted molar refractivity (Wildman–Crippen MR) is 87.9 cm³/mol. The van der Waals surface area contributed by atoms with E-state index in [0.717, 1.165) is 21.9 Å². The minimum absolute atomic E-state index is 0.159. The second-order valence-corrected chi connectivity index (χ2v) is 5.18. The molecular weight excluding hydrogens is 276 g/mol. The quantitative estimate of drug-likeness (QED) is 0.421. The van der Waals surface area contributed by atoms with E-state index in [1.54, 1.807) is 6.07 Å². The van der Waals surface area contributed by atoms with E-state index in [2.05, 4.69) is 4.98 Å². The molecule has 0 saturated heterocycles. The Kier molecular flexibility index (Phi) is 2.69. The van der Waals surface area contributed by atoms with Crippen molar-refractivity contribution in [2.24, 2.45) is 0 Å². The molecule has 3 aromatic carbocycles. The molecule has 0 bridgehead atoms. The molecule has 0 unspecified atom stereocenters. The van der Waals surface area contributed by atoms with Gasteiger partial charge in [-0.25, -0.2) is 0 Å². The number of aromatic nitrogens is 1. The molecule has 1 N–H and O–H groups in total. The van der Waals surface area contributed by atoms with E-state index in [4.69, 9.17) is 0 Å². The summed E-state index contributed by atoms with van der Waals surface area (Å²) in [6.07, 6.45) is 1.85. The van der Waals surface area contributed by atoms with Gasteiger partial charge in [0.2, 0.25) is 0 Å². The Bertz CT molecular complexity index is 1020. The van der Waals surface area contributed by atoms with Crippen LogP contribution in [0, 0.1) is 10.1 Å². The number of hydrogen-bond donors (Lipinski definition) is 1. The predicted octanol–water partition coefficient (Wildman–Crippen LogP) is 4.90. The van der Waals surface area contributed by atoms with Gasteiger partial charge in [0.25, 0.3) is 5.69 Å². The minimum Gasteiger partial charge on any atom is -0.361 e. The summed E-state index contributed by atoms with van der Waals surface area (Å²) < 4.78 is 0. The second kappa shape index (κ2) is 4.70. The largest absolute Gasteiger partial charge is 0.361 e. The number of nitro groups is 1. The summed E-state index contributed by atoms with van der Waals surface area (Å²) in [4.78, 5) is 14.5. The lowest BCUT2D eigenvalue weighted by Crippen LogP contribution is -1.94. The first-order valence-corrected chi connectivity index (χ1v) is 6.98. The summed E-state index contributed by atoms with van der Waals surface area (Å²) in [6.45, 7) is 0. The highest BCUT2D eigenvalue weighted by Crippen LogP contribution is 2.39. The van der Waals surface area contributed by atoms with Gasteiger partial charge in [-0.15, -0.1) is 0 Å². The van der Waals surface area contributed by atoms with Crippen molar-refractivity contribution in [2.45, 2.75) is 0 Å². The smallest absolute Gasteiger partial charge is 0.284 e. The van der Waals surface area contributed by atoms with E-state index in [1.807, 2.05) is 60.8 Å². The average Bonchev–Trinajstić information content (AvgIpc) is 3.02. The normalized spacial score (nSPS) is 11.1. The molecular formula is C18H12N2O2. The number of hydrogen-bond acceptors (Lipinski definition) is 2. The third kappa shape index (κ3) is 1.78. The first kappa shape index (κ1) is 12.6. The zero-order valence-electron chi connectivity index (χ0n) is 11.6. The Balaban J connectivity index is 2.13.